The summed E-state index contributed by atoms with van der Waals surface area (Å²) in [6, 6.07) is 13.4. The Bertz CT molecular complexity index is 3830. The van der Waals surface area contributed by atoms with Crippen LogP contribution in [-0.4, -0.2) is 214 Å². The third kappa shape index (κ3) is 24.0. The van der Waals surface area contributed by atoms with Crippen LogP contribution in [-0.2, 0) is 135 Å². The summed E-state index contributed by atoms with van der Waals surface area (Å²) in [6.07, 6.45) is 10.0. The number of nitrogens with two attached hydrogens (primary N) is 1. The molecule has 1 saturated carbocycles. The van der Waals surface area contributed by atoms with Gasteiger partial charge in [-0.25, -0.2) is 9.67 Å². The number of ether oxygens (including phenoxy) is 11. The molecule has 4 amide bonds. The van der Waals surface area contributed by atoms with E-state index in [4.69, 9.17) is 62.8 Å². The van der Waals surface area contributed by atoms with E-state index in [9.17, 15) is 48.3 Å². The van der Waals surface area contributed by atoms with Gasteiger partial charge in [0.1, 0.15) is 43.3 Å². The fraction of sp³-hybridized carbons (Fsp3) is 0.579. The van der Waals surface area contributed by atoms with Crippen LogP contribution in [0.15, 0.2) is 71.7 Å². The number of phenols is 1. The molecule has 106 heavy (non-hydrogen) atoms. The Morgan fingerprint density at radius 2 is 1.34 bits per heavy atom. The highest BCUT2D eigenvalue weighted by molar-refractivity contribution is 6.13. The van der Waals surface area contributed by atoms with Gasteiger partial charge in [0.2, 0.25) is 11.8 Å². The molecular formula is C76H101N9O21. The molecule has 6 heterocycles. The van der Waals surface area contributed by atoms with Gasteiger partial charge >= 0.3 is 11.9 Å². The zero-order chi connectivity index (χ0) is 75.1. The SMILES string of the molecule is CCc1c2c(nc3ccc(O)cc13)-c1cc3c(c(=O)n1C2)COC(=O)[C@@]3(CC)CC(=O)OCc1ccc(NC(=O)[C@H](CCCCN)CC(=O)COCC(=O)CCCOCCOCCOCCOCCOCCOCCOCCOCCn2cc(CNC(=O)C3CCC(CN4C(=O)C=CC4=O)CC3)nn2)cc1. The van der Waals surface area contributed by atoms with Gasteiger partial charge in [0.25, 0.3) is 17.4 Å². The van der Waals surface area contributed by atoms with Crippen LogP contribution < -0.4 is 21.9 Å². The molecule has 1 fully saturated rings. The van der Waals surface area contributed by atoms with Crippen molar-refractivity contribution in [2.24, 2.45) is 23.5 Å². The molecule has 5 aromatic rings. The molecule has 0 radical (unpaired) electrons. The van der Waals surface area contributed by atoms with E-state index in [1.54, 1.807) is 70.9 Å². The molecule has 3 aliphatic heterocycles. The number of anilines is 1. The first-order chi connectivity index (χ1) is 51.6. The number of amides is 4. The topological polar surface area (TPSA) is 377 Å². The third-order valence-corrected chi connectivity index (χ3v) is 19.2. The largest absolute Gasteiger partial charge is 0.508 e. The van der Waals surface area contributed by atoms with Crippen molar-refractivity contribution in [2.45, 2.75) is 136 Å². The van der Waals surface area contributed by atoms with Gasteiger partial charge in [-0.05, 0) is 123 Å². The number of esters is 2. The first-order valence-corrected chi connectivity index (χ1v) is 36.9. The Balaban J connectivity index is 0.528. The van der Waals surface area contributed by atoms with Crippen LogP contribution in [0.1, 0.15) is 124 Å². The highest BCUT2D eigenvalue weighted by Gasteiger charge is 2.49. The molecule has 0 saturated heterocycles. The molecule has 1 aliphatic carbocycles. The van der Waals surface area contributed by atoms with Crippen molar-refractivity contribution >= 4 is 63.7 Å². The molecule has 0 spiro atoms. The fourth-order valence-electron chi connectivity index (χ4n) is 13.4. The average molecular weight is 1480 g/mol. The van der Waals surface area contributed by atoms with Gasteiger partial charge in [-0.2, -0.15) is 0 Å². The second kappa shape index (κ2) is 42.7. The number of rotatable bonds is 51. The molecule has 5 N–H and O–H groups in total. The summed E-state index contributed by atoms with van der Waals surface area (Å²) in [7, 11) is 0. The number of nitrogens with zero attached hydrogens (tertiary/aromatic N) is 6. The number of Topliss-reactive ketones (excluding diaryl/α,β-unsaturated/α-hetero) is 2. The van der Waals surface area contributed by atoms with E-state index in [0.29, 0.717) is 215 Å². The number of carbonyl (C=O) groups excluding carboxylic acids is 8. The van der Waals surface area contributed by atoms with Crippen molar-refractivity contribution in [1.29, 1.82) is 0 Å². The lowest BCUT2D eigenvalue weighted by atomic mass is 9.72. The molecular weight excluding hydrogens is 1370 g/mol. The Morgan fingerprint density at radius 3 is 1.96 bits per heavy atom. The quantitative estimate of drug-likeness (QED) is 0.0213. The van der Waals surface area contributed by atoms with Crippen LogP contribution in [0.2, 0.25) is 0 Å². The zero-order valence-electron chi connectivity index (χ0n) is 60.8. The summed E-state index contributed by atoms with van der Waals surface area (Å²) in [6.45, 7) is 11.1. The monoisotopic (exact) mass is 1480 g/mol. The molecule has 2 atom stereocenters. The lowest BCUT2D eigenvalue weighted by molar-refractivity contribution is -0.161. The normalized spacial score (nSPS) is 17.0. The number of unbranched alkanes of at least 4 members (excludes halogenated alkanes) is 1. The molecule has 30 nitrogen and oxygen atoms in total. The van der Waals surface area contributed by atoms with E-state index in [1.807, 2.05) is 6.92 Å². The summed E-state index contributed by atoms with van der Waals surface area (Å²) in [5.74, 6) is -3.21. The molecule has 9 rings (SSSR count). The predicted molar refractivity (Wildman–Crippen MR) is 384 cm³/mol. The summed E-state index contributed by atoms with van der Waals surface area (Å²) < 4.78 is 64.7. The van der Waals surface area contributed by atoms with Crippen molar-refractivity contribution in [3.63, 3.8) is 0 Å². The van der Waals surface area contributed by atoms with Crippen molar-refractivity contribution in [2.75, 3.05) is 137 Å². The number of benzene rings is 2. The number of fused-ring (bicyclic) bond motifs is 5. The minimum Gasteiger partial charge on any atom is -0.508 e. The number of imide groups is 1. The third-order valence-electron chi connectivity index (χ3n) is 19.2. The van der Waals surface area contributed by atoms with Crippen LogP contribution in [0.25, 0.3) is 22.3 Å². The van der Waals surface area contributed by atoms with Crippen molar-refractivity contribution in [3.8, 4) is 17.1 Å². The summed E-state index contributed by atoms with van der Waals surface area (Å²) in [5, 5.41) is 25.2. The number of aromatic nitrogens is 5. The highest BCUT2D eigenvalue weighted by atomic mass is 16.6. The average Bonchev–Trinajstić information content (AvgIpc) is 1.49. The molecule has 0 unspecified atom stereocenters. The second-order valence-corrected chi connectivity index (χ2v) is 26.6. The Morgan fingerprint density at radius 1 is 0.717 bits per heavy atom. The lowest BCUT2D eigenvalue weighted by Crippen LogP contribution is -2.46. The number of carbonyl (C=O) groups is 8. The molecule has 576 valence electrons. The first kappa shape index (κ1) is 81.5. The highest BCUT2D eigenvalue weighted by Crippen LogP contribution is 2.44. The van der Waals surface area contributed by atoms with E-state index < -0.39 is 23.3 Å². The van der Waals surface area contributed by atoms with Gasteiger partial charge in [-0.1, -0.05) is 37.6 Å². The van der Waals surface area contributed by atoms with E-state index in [-0.39, 0.29) is 124 Å². The standard InChI is InChI=1S/C76H101N9O21/c1-3-61-62-41-58(86)18-19-66(62)80-71-63(61)47-84-67(71)42-65-64(74(84)94)51-106-75(95)76(65,4-2)43-70(91)105-48-53-12-16-56(17-13-53)79-73(93)55(8-5-6-22-77)40-60(88)50-104-49-59(87)9-7-24-96-26-28-98-30-32-100-34-36-102-38-39-103-37-35-101-33-31-99-29-27-97-25-23-83-46-57(81-82-83)44-78-72(92)54-14-10-52(11-15-54)45-85-68(89)20-21-69(85)90/h12-13,16-21,41-42,46,52,54-55,86H,3-11,14-15,22-40,43-45,47-51,77H2,1-2H3,(H,78,92)(H,79,93)/t52?,54?,55-,76+/m1/s1. The van der Waals surface area contributed by atoms with Gasteiger partial charge in [0.15, 0.2) is 11.6 Å². The number of pyridine rings is 2. The zero-order valence-corrected chi connectivity index (χ0v) is 60.8. The van der Waals surface area contributed by atoms with Crippen molar-refractivity contribution < 1.29 is 95.6 Å². The number of phenolic OH excluding ortho intramolecular Hbond substituents is 1. The number of nitrogens with one attached hydrogen (secondary N) is 2. The Kier molecular flexibility index (Phi) is 32.8. The summed E-state index contributed by atoms with van der Waals surface area (Å²) in [4.78, 5) is 124. The maximum Gasteiger partial charge on any atom is 0.317 e. The van der Waals surface area contributed by atoms with Gasteiger partial charge < -0.3 is 78.1 Å². The number of aromatic hydroxyl groups is 1. The minimum atomic E-state index is -1.50. The molecule has 30 heteroatoms. The van der Waals surface area contributed by atoms with Crippen LogP contribution in [0.3, 0.4) is 0 Å². The van der Waals surface area contributed by atoms with Crippen LogP contribution in [0, 0.1) is 17.8 Å². The van der Waals surface area contributed by atoms with Crippen molar-refractivity contribution in [3.05, 3.63) is 111 Å². The summed E-state index contributed by atoms with van der Waals surface area (Å²) >= 11 is 0. The maximum absolute atomic E-state index is 14.2. The number of aryl methyl sites for hydroxylation is 1. The van der Waals surface area contributed by atoms with Crippen LogP contribution >= 0.6 is 0 Å². The molecule has 0 bridgehead atoms. The smallest absolute Gasteiger partial charge is 0.317 e. The van der Waals surface area contributed by atoms with Crippen LogP contribution in [0.5, 0.6) is 5.75 Å². The lowest BCUT2D eigenvalue weighted by Gasteiger charge is -2.35. The summed E-state index contributed by atoms with van der Waals surface area (Å²) in [5.41, 5.74) is 9.96. The number of hydrogen-bond acceptors (Lipinski definition) is 25. The van der Waals surface area contributed by atoms with E-state index >= 15 is 0 Å². The van der Waals surface area contributed by atoms with Gasteiger partial charge in [-0.3, -0.25) is 48.1 Å². The van der Waals surface area contributed by atoms with Gasteiger partial charge in [0.05, 0.1) is 154 Å². The van der Waals surface area contributed by atoms with E-state index in [0.717, 1.165) is 29.4 Å². The Hall–Kier alpha value is -8.56. The predicted octanol–water partition coefficient (Wildman–Crippen LogP) is 5.31. The van der Waals surface area contributed by atoms with Gasteiger partial charge in [0, 0.05) is 66.6 Å². The van der Waals surface area contributed by atoms with Gasteiger partial charge in [-0.15, -0.1) is 5.10 Å². The number of hydrogen-bond donors (Lipinski definition) is 4. The number of cyclic esters (lactones) is 1. The molecule has 4 aliphatic rings. The number of ketones is 2. The molecule has 3 aromatic heterocycles. The fourth-order valence-corrected chi connectivity index (χ4v) is 13.4. The minimum absolute atomic E-state index is 0.0257. The van der Waals surface area contributed by atoms with Crippen LogP contribution in [0.4, 0.5) is 5.69 Å². The first-order valence-electron chi connectivity index (χ1n) is 36.9. The van der Waals surface area contributed by atoms with E-state index in [2.05, 4.69) is 20.9 Å². The Labute approximate surface area is 615 Å². The van der Waals surface area contributed by atoms with E-state index in [1.165, 1.54) is 17.1 Å². The maximum atomic E-state index is 14.2. The van der Waals surface area contributed by atoms with Crippen molar-refractivity contribution in [1.82, 2.24) is 34.8 Å². The second-order valence-electron chi connectivity index (χ2n) is 26.6. The molecule has 2 aromatic carbocycles.